The first-order valence-electron chi connectivity index (χ1n) is 5.35. The summed E-state index contributed by atoms with van der Waals surface area (Å²) in [5.74, 6) is 0. The van der Waals surface area contributed by atoms with Crippen molar-refractivity contribution in [3.05, 3.63) is 16.1 Å². The quantitative estimate of drug-likeness (QED) is 0.819. The fourth-order valence-electron chi connectivity index (χ4n) is 1.23. The van der Waals surface area contributed by atoms with E-state index in [0.29, 0.717) is 6.54 Å². The Morgan fingerprint density at radius 3 is 2.41 bits per heavy atom. The zero-order valence-electron chi connectivity index (χ0n) is 10.8. The molecule has 0 atom stereocenters. The predicted octanol–water partition coefficient (Wildman–Crippen LogP) is 1.47. The van der Waals surface area contributed by atoms with Crippen LogP contribution in [0.1, 0.15) is 24.5 Å². The minimum absolute atomic E-state index is 0.0551. The summed E-state index contributed by atoms with van der Waals surface area (Å²) in [7, 11) is -0.233. The number of hydrogen-bond acceptors (Lipinski definition) is 4. The lowest BCUT2D eigenvalue weighted by Crippen LogP contribution is -2.42. The van der Waals surface area contributed by atoms with E-state index < -0.39 is 10.2 Å². The van der Waals surface area contributed by atoms with Gasteiger partial charge in [-0.3, -0.25) is 0 Å². The molecule has 0 fully saturated rings. The summed E-state index contributed by atoms with van der Waals surface area (Å²) in [6, 6.07) is -0.0551. The van der Waals surface area contributed by atoms with Crippen molar-refractivity contribution >= 4 is 21.5 Å². The summed E-state index contributed by atoms with van der Waals surface area (Å²) in [6.45, 7) is 5.91. The van der Waals surface area contributed by atoms with Gasteiger partial charge < -0.3 is 0 Å². The highest BCUT2D eigenvalue weighted by Crippen LogP contribution is 2.15. The number of aryl methyl sites for hydroxylation is 1. The van der Waals surface area contributed by atoms with Crippen molar-refractivity contribution in [2.45, 2.75) is 33.4 Å². The van der Waals surface area contributed by atoms with E-state index in [1.165, 1.54) is 19.9 Å². The van der Waals surface area contributed by atoms with Gasteiger partial charge in [-0.05, 0) is 20.8 Å². The molecule has 1 rings (SSSR count). The van der Waals surface area contributed by atoms with E-state index in [1.54, 1.807) is 14.1 Å². The van der Waals surface area contributed by atoms with Crippen molar-refractivity contribution in [2.75, 3.05) is 14.1 Å². The molecule has 0 radical (unpaired) electrons. The fraction of sp³-hybridized carbons (Fsp3) is 0.700. The molecular formula is C10H19N3O2S2. The van der Waals surface area contributed by atoms with Gasteiger partial charge in [0.1, 0.15) is 5.01 Å². The van der Waals surface area contributed by atoms with Crippen LogP contribution in [0.2, 0.25) is 0 Å². The fourth-order valence-corrected chi connectivity index (χ4v) is 3.40. The van der Waals surface area contributed by atoms with Gasteiger partial charge in [0.15, 0.2) is 0 Å². The van der Waals surface area contributed by atoms with E-state index in [0.717, 1.165) is 10.7 Å². The van der Waals surface area contributed by atoms with Gasteiger partial charge in [-0.1, -0.05) is 0 Å². The van der Waals surface area contributed by atoms with Crippen LogP contribution in [0.3, 0.4) is 0 Å². The zero-order valence-corrected chi connectivity index (χ0v) is 12.5. The van der Waals surface area contributed by atoms with Gasteiger partial charge in [-0.15, -0.1) is 11.3 Å². The topological polar surface area (TPSA) is 53.5 Å². The number of nitrogens with zero attached hydrogens (tertiary/aromatic N) is 3. The van der Waals surface area contributed by atoms with Gasteiger partial charge in [0.2, 0.25) is 0 Å². The van der Waals surface area contributed by atoms with E-state index in [9.17, 15) is 8.42 Å². The van der Waals surface area contributed by atoms with E-state index in [-0.39, 0.29) is 6.04 Å². The second-order valence-electron chi connectivity index (χ2n) is 4.26. The van der Waals surface area contributed by atoms with E-state index in [4.69, 9.17) is 0 Å². The van der Waals surface area contributed by atoms with Crippen LogP contribution < -0.4 is 0 Å². The largest absolute Gasteiger partial charge is 0.282 e. The van der Waals surface area contributed by atoms with Crippen LogP contribution in [0.15, 0.2) is 5.38 Å². The minimum atomic E-state index is -3.39. The molecule has 0 amide bonds. The maximum absolute atomic E-state index is 12.1. The zero-order chi connectivity index (χ0) is 13.2. The molecule has 0 aliphatic rings. The van der Waals surface area contributed by atoms with Crippen molar-refractivity contribution in [1.82, 2.24) is 13.6 Å². The lowest BCUT2D eigenvalue weighted by atomic mass is 10.4. The summed E-state index contributed by atoms with van der Waals surface area (Å²) in [4.78, 5) is 4.26. The Kier molecular flexibility index (Phi) is 4.65. The van der Waals surface area contributed by atoms with Crippen molar-refractivity contribution in [3.8, 4) is 0 Å². The van der Waals surface area contributed by atoms with Crippen LogP contribution >= 0.6 is 11.3 Å². The first-order chi connectivity index (χ1) is 7.75. The van der Waals surface area contributed by atoms with Gasteiger partial charge >= 0.3 is 0 Å². The van der Waals surface area contributed by atoms with Gasteiger partial charge in [0.05, 0.1) is 6.54 Å². The van der Waals surface area contributed by atoms with Crippen molar-refractivity contribution in [3.63, 3.8) is 0 Å². The second-order valence-corrected chi connectivity index (χ2v) is 7.29. The first kappa shape index (κ1) is 14.6. The maximum Gasteiger partial charge on any atom is 0.282 e. The minimum Gasteiger partial charge on any atom is -0.245 e. The summed E-state index contributed by atoms with van der Waals surface area (Å²) >= 11 is 1.48. The smallest absolute Gasteiger partial charge is 0.245 e. The standard InChI is InChI=1S/C10H19N3O2S2/c1-8(2)13(5)17(14,15)12(4)6-10-11-9(3)7-16-10/h7-8H,6H2,1-5H3. The Bertz CT molecular complexity index is 468. The molecule has 0 aliphatic carbocycles. The van der Waals surface area contributed by atoms with Crippen molar-refractivity contribution < 1.29 is 8.42 Å². The molecule has 1 heterocycles. The molecule has 0 saturated carbocycles. The Hall–Kier alpha value is -0.500. The van der Waals surface area contributed by atoms with Crippen molar-refractivity contribution in [1.29, 1.82) is 0 Å². The summed E-state index contributed by atoms with van der Waals surface area (Å²) < 4.78 is 26.9. The molecule has 0 aromatic carbocycles. The average Bonchev–Trinajstić information content (AvgIpc) is 2.62. The SMILES string of the molecule is Cc1csc(CN(C)S(=O)(=O)N(C)C(C)C)n1. The highest BCUT2D eigenvalue weighted by Gasteiger charge is 2.26. The van der Waals surface area contributed by atoms with Gasteiger partial charge in [-0.25, -0.2) is 4.98 Å². The normalized spacial score (nSPS) is 12.9. The van der Waals surface area contributed by atoms with Crippen LogP contribution in [-0.4, -0.2) is 42.1 Å². The Labute approximate surface area is 107 Å². The Morgan fingerprint density at radius 1 is 1.41 bits per heavy atom. The van der Waals surface area contributed by atoms with Crippen LogP contribution in [0.5, 0.6) is 0 Å². The van der Waals surface area contributed by atoms with Crippen LogP contribution in [0, 0.1) is 6.92 Å². The van der Waals surface area contributed by atoms with E-state index >= 15 is 0 Å². The molecule has 7 heteroatoms. The third-order valence-corrected chi connectivity index (χ3v) is 5.53. The highest BCUT2D eigenvalue weighted by atomic mass is 32.2. The molecule has 17 heavy (non-hydrogen) atoms. The van der Waals surface area contributed by atoms with Gasteiger partial charge in [-0.2, -0.15) is 17.0 Å². The van der Waals surface area contributed by atoms with E-state index in [2.05, 4.69) is 4.98 Å². The molecule has 1 aromatic rings. The number of rotatable bonds is 5. The lowest BCUT2D eigenvalue weighted by Gasteiger charge is -2.26. The molecule has 0 N–H and O–H groups in total. The molecule has 98 valence electrons. The van der Waals surface area contributed by atoms with Crippen LogP contribution in [-0.2, 0) is 16.8 Å². The second kappa shape index (κ2) is 5.43. The van der Waals surface area contributed by atoms with Crippen LogP contribution in [0.4, 0.5) is 0 Å². The molecular weight excluding hydrogens is 258 g/mol. The summed E-state index contributed by atoms with van der Waals surface area (Å²) in [6.07, 6.45) is 0. The van der Waals surface area contributed by atoms with Crippen LogP contribution in [0.25, 0.3) is 0 Å². The number of hydrogen-bond donors (Lipinski definition) is 0. The van der Waals surface area contributed by atoms with Gasteiger partial charge in [0, 0.05) is 31.2 Å². The highest BCUT2D eigenvalue weighted by molar-refractivity contribution is 7.86. The molecule has 0 aliphatic heterocycles. The third-order valence-electron chi connectivity index (χ3n) is 2.51. The van der Waals surface area contributed by atoms with Crippen molar-refractivity contribution in [2.24, 2.45) is 0 Å². The molecule has 0 bridgehead atoms. The monoisotopic (exact) mass is 277 g/mol. The number of aromatic nitrogens is 1. The van der Waals surface area contributed by atoms with E-state index in [1.807, 2.05) is 26.2 Å². The maximum atomic E-state index is 12.1. The third kappa shape index (κ3) is 3.48. The Morgan fingerprint density at radius 2 is 2.00 bits per heavy atom. The first-order valence-corrected chi connectivity index (χ1v) is 7.63. The predicted molar refractivity (Wildman–Crippen MR) is 70.1 cm³/mol. The lowest BCUT2D eigenvalue weighted by molar-refractivity contribution is 0.355. The van der Waals surface area contributed by atoms with Gasteiger partial charge in [0.25, 0.3) is 10.2 Å². The Balaban J connectivity index is 2.79. The molecule has 1 aromatic heterocycles. The summed E-state index contributed by atoms with van der Waals surface area (Å²) in [5.41, 5.74) is 0.924. The summed E-state index contributed by atoms with van der Waals surface area (Å²) in [5, 5.41) is 2.73. The molecule has 0 spiro atoms. The molecule has 5 nitrogen and oxygen atoms in total. The molecule has 0 saturated heterocycles. The average molecular weight is 277 g/mol. The molecule has 0 unspecified atom stereocenters. The number of thiazole rings is 1.